The highest BCUT2D eigenvalue weighted by Gasteiger charge is 2.51. The van der Waals surface area contributed by atoms with E-state index in [0.29, 0.717) is 26.1 Å². The number of nitrogens with zero attached hydrogens (tertiary/aromatic N) is 3. The number of carbonyl (C=O) groups excluding carboxylic acids is 3. The third-order valence-electron chi connectivity index (χ3n) is 4.81. The fourth-order valence-electron chi connectivity index (χ4n) is 3.61. The van der Waals surface area contributed by atoms with Gasteiger partial charge in [-0.1, -0.05) is 0 Å². The Morgan fingerprint density at radius 1 is 1.38 bits per heavy atom. The van der Waals surface area contributed by atoms with Crippen LogP contribution in [0.4, 0.5) is 10.1 Å². The van der Waals surface area contributed by atoms with Gasteiger partial charge < -0.3 is 14.7 Å². The monoisotopic (exact) mass is 353 g/mol. The molecule has 2 aliphatic rings. The van der Waals surface area contributed by atoms with Gasteiger partial charge in [0.2, 0.25) is 17.7 Å². The lowest BCUT2D eigenvalue weighted by Crippen LogP contribution is -2.67. The van der Waals surface area contributed by atoms with Crippen molar-refractivity contribution in [2.24, 2.45) is 0 Å². The molecule has 3 rings (SSSR count). The highest BCUT2D eigenvalue weighted by atomic mass is 32.1. The van der Waals surface area contributed by atoms with Crippen LogP contribution in [0.5, 0.6) is 0 Å². The predicted octanol–water partition coefficient (Wildman–Crippen LogP) is 1.27. The molecule has 2 fully saturated rings. The summed E-state index contributed by atoms with van der Waals surface area (Å²) in [5, 5.41) is 3.80. The second-order valence-corrected chi connectivity index (χ2v) is 7.08. The van der Waals surface area contributed by atoms with Crippen LogP contribution in [0.15, 0.2) is 16.8 Å². The molecule has 3 heterocycles. The summed E-state index contributed by atoms with van der Waals surface area (Å²) in [6.07, 6.45) is 0.460. The summed E-state index contributed by atoms with van der Waals surface area (Å²) in [7, 11) is 0. The first-order valence-electron chi connectivity index (χ1n) is 7.91. The van der Waals surface area contributed by atoms with Crippen LogP contribution in [-0.4, -0.2) is 65.9 Å². The Kier molecular flexibility index (Phi) is 4.58. The Morgan fingerprint density at radius 3 is 2.79 bits per heavy atom. The number of alkyl halides is 1. The lowest BCUT2D eigenvalue weighted by Gasteiger charge is -2.47. The Balaban J connectivity index is 1.86. The van der Waals surface area contributed by atoms with Crippen LogP contribution in [-0.2, 0) is 14.4 Å². The maximum Gasteiger partial charge on any atom is 0.246 e. The number of hydrogen-bond acceptors (Lipinski definition) is 4. The summed E-state index contributed by atoms with van der Waals surface area (Å²) in [5.74, 6) is -0.535. The van der Waals surface area contributed by atoms with E-state index >= 15 is 0 Å². The first kappa shape index (κ1) is 16.9. The molecule has 1 unspecified atom stereocenters. The van der Waals surface area contributed by atoms with E-state index in [2.05, 4.69) is 0 Å². The van der Waals surface area contributed by atoms with Crippen molar-refractivity contribution in [1.29, 1.82) is 0 Å². The molecule has 2 saturated heterocycles. The van der Waals surface area contributed by atoms with Crippen LogP contribution in [0.25, 0.3) is 0 Å². The van der Waals surface area contributed by atoms with Gasteiger partial charge in [0.05, 0.1) is 30.9 Å². The van der Waals surface area contributed by atoms with Gasteiger partial charge in [-0.25, -0.2) is 0 Å². The average molecular weight is 353 g/mol. The third-order valence-corrected chi connectivity index (χ3v) is 5.48. The molecule has 0 saturated carbocycles. The predicted molar refractivity (Wildman–Crippen MR) is 88.6 cm³/mol. The fraction of sp³-hybridized carbons (Fsp3) is 0.562. The van der Waals surface area contributed by atoms with Gasteiger partial charge in [-0.15, -0.1) is 0 Å². The maximum absolute atomic E-state index is 12.5. The molecule has 0 bridgehead atoms. The second-order valence-electron chi connectivity index (χ2n) is 6.30. The zero-order valence-electron chi connectivity index (χ0n) is 13.5. The molecule has 2 aliphatic heterocycles. The fourth-order valence-corrected chi connectivity index (χ4v) is 4.25. The Bertz CT molecular complexity index is 651. The van der Waals surface area contributed by atoms with Gasteiger partial charge >= 0.3 is 0 Å². The highest BCUT2D eigenvalue weighted by Crippen LogP contribution is 2.35. The number of rotatable bonds is 3. The van der Waals surface area contributed by atoms with E-state index in [0.717, 1.165) is 5.69 Å². The first-order valence-corrected chi connectivity index (χ1v) is 8.86. The minimum Gasteiger partial charge on any atom is -0.340 e. The molecule has 1 aromatic heterocycles. The van der Waals surface area contributed by atoms with Crippen LogP contribution < -0.4 is 4.90 Å². The first-order chi connectivity index (χ1) is 11.5. The van der Waals surface area contributed by atoms with Gasteiger partial charge in [-0.05, 0) is 17.9 Å². The molecular weight excluding hydrogens is 333 g/mol. The molecule has 1 aromatic rings. The summed E-state index contributed by atoms with van der Waals surface area (Å²) in [6.45, 7) is 1.96. The standard InChI is InChI=1S/C16H20FN3O3S/c1-12(21)20-8-15(23)19(13-3-7-24-9-13)11-16(20)4-6-18(10-16)14(22)2-5-17/h3,7,9H,2,4-6,8,10-11H2,1H3. The zero-order valence-corrected chi connectivity index (χ0v) is 14.4. The minimum atomic E-state index is -0.682. The van der Waals surface area contributed by atoms with Crippen molar-refractivity contribution in [2.75, 3.05) is 37.8 Å². The molecule has 3 amide bonds. The van der Waals surface area contributed by atoms with E-state index in [-0.39, 0.29) is 30.7 Å². The quantitative estimate of drug-likeness (QED) is 0.822. The number of thiophene rings is 1. The molecule has 0 aromatic carbocycles. The SMILES string of the molecule is CC(=O)N1CC(=O)N(c2ccsc2)CC12CCN(C(=O)CCF)C2. The number of anilines is 1. The van der Waals surface area contributed by atoms with Crippen LogP contribution >= 0.6 is 11.3 Å². The Morgan fingerprint density at radius 2 is 2.17 bits per heavy atom. The summed E-state index contributed by atoms with van der Waals surface area (Å²) in [5.41, 5.74) is 0.231. The summed E-state index contributed by atoms with van der Waals surface area (Å²) < 4.78 is 12.5. The lowest BCUT2D eigenvalue weighted by molar-refractivity contribution is -0.143. The van der Waals surface area contributed by atoms with Crippen LogP contribution in [0.1, 0.15) is 19.8 Å². The lowest BCUT2D eigenvalue weighted by atomic mass is 9.92. The molecule has 130 valence electrons. The van der Waals surface area contributed by atoms with Crippen LogP contribution in [0.2, 0.25) is 0 Å². The minimum absolute atomic E-state index is 0.0102. The number of amides is 3. The van der Waals surface area contributed by atoms with E-state index in [9.17, 15) is 18.8 Å². The van der Waals surface area contributed by atoms with Gasteiger partial charge in [0.15, 0.2) is 0 Å². The van der Waals surface area contributed by atoms with E-state index < -0.39 is 12.2 Å². The second kappa shape index (κ2) is 6.51. The van der Waals surface area contributed by atoms with Gasteiger partial charge in [-0.2, -0.15) is 11.3 Å². The number of hydrogen-bond donors (Lipinski definition) is 0. The molecule has 1 spiro atoms. The van der Waals surface area contributed by atoms with Crippen molar-refractivity contribution < 1.29 is 18.8 Å². The van der Waals surface area contributed by atoms with Crippen molar-refractivity contribution in [1.82, 2.24) is 9.80 Å². The van der Waals surface area contributed by atoms with E-state index in [1.165, 1.54) is 18.3 Å². The average Bonchev–Trinajstić information content (AvgIpc) is 3.20. The molecule has 24 heavy (non-hydrogen) atoms. The summed E-state index contributed by atoms with van der Waals surface area (Å²) in [4.78, 5) is 41.5. The van der Waals surface area contributed by atoms with Crippen LogP contribution in [0.3, 0.4) is 0 Å². The highest BCUT2D eigenvalue weighted by molar-refractivity contribution is 7.08. The Labute approximate surface area is 143 Å². The number of piperazine rings is 1. The van der Waals surface area contributed by atoms with Gasteiger partial charge in [0, 0.05) is 25.4 Å². The molecule has 0 aliphatic carbocycles. The van der Waals surface area contributed by atoms with Crippen molar-refractivity contribution in [2.45, 2.75) is 25.3 Å². The van der Waals surface area contributed by atoms with Crippen molar-refractivity contribution in [3.8, 4) is 0 Å². The van der Waals surface area contributed by atoms with Gasteiger partial charge in [0.1, 0.15) is 6.54 Å². The van der Waals surface area contributed by atoms with Gasteiger partial charge in [-0.3, -0.25) is 18.8 Å². The maximum atomic E-state index is 12.5. The number of carbonyl (C=O) groups is 3. The number of likely N-dealkylation sites (tertiary alicyclic amines) is 1. The van der Waals surface area contributed by atoms with Gasteiger partial charge in [0.25, 0.3) is 0 Å². The Hall–Kier alpha value is -1.96. The smallest absolute Gasteiger partial charge is 0.246 e. The van der Waals surface area contributed by atoms with Crippen LogP contribution in [0, 0.1) is 0 Å². The molecule has 0 radical (unpaired) electrons. The molecule has 6 nitrogen and oxygen atoms in total. The third kappa shape index (κ3) is 2.90. The van der Waals surface area contributed by atoms with E-state index in [1.54, 1.807) is 14.7 Å². The normalized spacial score (nSPS) is 24.1. The summed E-state index contributed by atoms with van der Waals surface area (Å²) >= 11 is 1.50. The molecule has 0 N–H and O–H groups in total. The molecule has 1 atom stereocenters. The molecule has 8 heteroatoms. The number of halogens is 1. The summed E-state index contributed by atoms with van der Waals surface area (Å²) in [6, 6.07) is 1.88. The topological polar surface area (TPSA) is 60.9 Å². The van der Waals surface area contributed by atoms with Crippen molar-refractivity contribution >= 4 is 34.7 Å². The largest absolute Gasteiger partial charge is 0.340 e. The molecular formula is C16H20FN3O3S. The van der Waals surface area contributed by atoms with Crippen molar-refractivity contribution in [3.63, 3.8) is 0 Å². The van der Waals surface area contributed by atoms with E-state index in [1.807, 2.05) is 16.8 Å². The van der Waals surface area contributed by atoms with Crippen molar-refractivity contribution in [3.05, 3.63) is 16.8 Å². The zero-order chi connectivity index (χ0) is 17.3. The van der Waals surface area contributed by atoms with E-state index in [4.69, 9.17) is 0 Å².